The molecule has 0 saturated carbocycles. The summed E-state index contributed by atoms with van der Waals surface area (Å²) >= 11 is 1.64. The third kappa shape index (κ3) is 6.86. The average Bonchev–Trinajstić information content (AvgIpc) is 3.15. The Bertz CT molecular complexity index is 928. The van der Waals surface area contributed by atoms with Crippen molar-refractivity contribution in [2.24, 2.45) is 7.05 Å². The van der Waals surface area contributed by atoms with Gasteiger partial charge in [-0.3, -0.25) is 0 Å². The van der Waals surface area contributed by atoms with Crippen LogP contribution in [0.5, 0.6) is 11.5 Å². The van der Waals surface area contributed by atoms with Gasteiger partial charge < -0.3 is 14.8 Å². The van der Waals surface area contributed by atoms with Crippen LogP contribution in [0.2, 0.25) is 0 Å². The summed E-state index contributed by atoms with van der Waals surface area (Å²) in [4.78, 5) is 0. The van der Waals surface area contributed by atoms with Crippen LogP contribution < -0.4 is 14.8 Å². The zero-order chi connectivity index (χ0) is 20.5. The smallest absolute Gasteiger partial charge is 0.209 e. The number of hydrogen-bond acceptors (Lipinski definition) is 7. The molecule has 0 bridgehead atoms. The lowest BCUT2D eigenvalue weighted by atomic mass is 10.2. The molecule has 1 heterocycles. The van der Waals surface area contributed by atoms with E-state index >= 15 is 0 Å². The number of tetrazole rings is 1. The average molecular weight is 454 g/mol. The van der Waals surface area contributed by atoms with Crippen LogP contribution in [0.15, 0.2) is 47.6 Å². The lowest BCUT2D eigenvalue weighted by Gasteiger charge is -2.13. The molecule has 3 aromatic rings. The van der Waals surface area contributed by atoms with Crippen LogP contribution in [-0.4, -0.2) is 39.6 Å². The molecule has 0 aliphatic heterocycles. The number of aromatic nitrogens is 4. The van der Waals surface area contributed by atoms with Crippen molar-refractivity contribution in [3.05, 3.63) is 59.4 Å². The first-order valence-electron chi connectivity index (χ1n) is 9.26. The van der Waals surface area contributed by atoms with E-state index in [2.05, 4.69) is 20.8 Å². The van der Waals surface area contributed by atoms with Crippen molar-refractivity contribution in [2.45, 2.75) is 24.7 Å². The van der Waals surface area contributed by atoms with Crippen molar-refractivity contribution in [1.29, 1.82) is 0 Å². The van der Waals surface area contributed by atoms with Crippen LogP contribution in [-0.2, 0) is 20.2 Å². The van der Waals surface area contributed by atoms with Gasteiger partial charge in [-0.25, -0.2) is 9.07 Å². The van der Waals surface area contributed by atoms with Gasteiger partial charge in [-0.2, -0.15) is 0 Å². The topological polar surface area (TPSA) is 74.1 Å². The van der Waals surface area contributed by atoms with Gasteiger partial charge in [-0.15, -0.1) is 17.5 Å². The van der Waals surface area contributed by atoms with Crippen molar-refractivity contribution in [1.82, 2.24) is 25.5 Å². The molecule has 7 nitrogen and oxygen atoms in total. The summed E-state index contributed by atoms with van der Waals surface area (Å²) in [6.07, 6.45) is 0.999. The summed E-state index contributed by atoms with van der Waals surface area (Å²) in [6.45, 7) is 1.76. The molecule has 2 aromatic carbocycles. The number of ether oxygens (including phenoxy) is 2. The van der Waals surface area contributed by atoms with E-state index in [1.807, 2.05) is 25.2 Å². The zero-order valence-electron chi connectivity index (χ0n) is 16.9. The molecule has 3 rings (SSSR count). The number of benzene rings is 2. The Labute approximate surface area is 185 Å². The molecule has 0 atom stereocenters. The summed E-state index contributed by atoms with van der Waals surface area (Å²) in [6, 6.07) is 12.3. The van der Waals surface area contributed by atoms with E-state index in [-0.39, 0.29) is 24.8 Å². The van der Waals surface area contributed by atoms with E-state index in [0.29, 0.717) is 17.1 Å². The Balaban J connectivity index is 0.00000320. The first-order valence-corrected chi connectivity index (χ1v) is 10.2. The Morgan fingerprint density at radius 3 is 2.73 bits per heavy atom. The number of aryl methyl sites for hydroxylation is 1. The fraction of sp³-hybridized carbons (Fsp3) is 0.350. The predicted molar refractivity (Wildman–Crippen MR) is 117 cm³/mol. The number of rotatable bonds is 11. The molecule has 1 aromatic heterocycles. The molecule has 0 aliphatic rings. The number of thioether (sulfide) groups is 1. The van der Waals surface area contributed by atoms with Crippen LogP contribution in [0.3, 0.4) is 0 Å². The molecular weight excluding hydrogens is 429 g/mol. The summed E-state index contributed by atoms with van der Waals surface area (Å²) in [5.74, 6) is 1.88. The third-order valence-electron chi connectivity index (χ3n) is 4.21. The van der Waals surface area contributed by atoms with Gasteiger partial charge in [0.2, 0.25) is 5.16 Å². The number of nitrogens with zero attached hydrogens (tertiary/aromatic N) is 4. The lowest BCUT2D eigenvalue weighted by molar-refractivity contribution is 0.279. The Hall–Kier alpha value is -2.36. The molecule has 30 heavy (non-hydrogen) atoms. The maximum atomic E-state index is 13.7. The van der Waals surface area contributed by atoms with Gasteiger partial charge in [0.1, 0.15) is 12.4 Å². The van der Waals surface area contributed by atoms with Crippen LogP contribution in [0.4, 0.5) is 4.39 Å². The second kappa shape index (κ2) is 12.4. The van der Waals surface area contributed by atoms with E-state index in [4.69, 9.17) is 9.47 Å². The van der Waals surface area contributed by atoms with Gasteiger partial charge in [-0.05, 0) is 47.2 Å². The van der Waals surface area contributed by atoms with E-state index < -0.39 is 0 Å². The quantitative estimate of drug-likeness (QED) is 0.351. The molecule has 1 N–H and O–H groups in total. The molecule has 0 saturated heterocycles. The minimum absolute atomic E-state index is 0. The van der Waals surface area contributed by atoms with Gasteiger partial charge in [0, 0.05) is 24.9 Å². The highest BCUT2D eigenvalue weighted by molar-refractivity contribution is 7.99. The maximum Gasteiger partial charge on any atom is 0.209 e. The van der Waals surface area contributed by atoms with Crippen molar-refractivity contribution < 1.29 is 13.9 Å². The maximum absolute atomic E-state index is 13.7. The molecule has 0 fully saturated rings. The number of halogens is 2. The Morgan fingerprint density at radius 1 is 1.17 bits per heavy atom. The first kappa shape index (κ1) is 23.9. The van der Waals surface area contributed by atoms with Crippen LogP contribution in [0.1, 0.15) is 17.5 Å². The van der Waals surface area contributed by atoms with Crippen molar-refractivity contribution in [2.75, 3.05) is 19.4 Å². The molecule has 10 heteroatoms. The minimum atomic E-state index is -0.277. The van der Waals surface area contributed by atoms with Gasteiger partial charge in [0.15, 0.2) is 11.5 Å². The number of methoxy groups -OCH3 is 1. The highest BCUT2D eigenvalue weighted by Crippen LogP contribution is 2.29. The van der Waals surface area contributed by atoms with E-state index in [0.717, 1.165) is 36.0 Å². The summed E-state index contributed by atoms with van der Waals surface area (Å²) in [7, 11) is 3.43. The van der Waals surface area contributed by atoms with E-state index in [1.165, 1.54) is 6.07 Å². The SMILES string of the molecule is COc1cc(CNCCCSc2nnnn2C)ccc1OCc1ccccc1F.Cl. The Kier molecular flexibility index (Phi) is 9.85. The van der Waals surface area contributed by atoms with E-state index in [9.17, 15) is 4.39 Å². The molecule has 0 unspecified atom stereocenters. The first-order chi connectivity index (χ1) is 14.2. The van der Waals surface area contributed by atoms with Crippen LogP contribution >= 0.6 is 24.2 Å². The molecular formula is C20H25ClFN5O2S. The fourth-order valence-corrected chi connectivity index (χ4v) is 3.44. The summed E-state index contributed by atoms with van der Waals surface area (Å²) in [5.41, 5.74) is 1.60. The molecule has 0 aliphatic carbocycles. The van der Waals surface area contributed by atoms with Crippen molar-refractivity contribution in [3.63, 3.8) is 0 Å². The summed E-state index contributed by atoms with van der Waals surface area (Å²) in [5, 5.41) is 15.6. The monoisotopic (exact) mass is 453 g/mol. The fourth-order valence-electron chi connectivity index (χ4n) is 2.65. The van der Waals surface area contributed by atoms with Gasteiger partial charge in [0.05, 0.1) is 7.11 Å². The zero-order valence-corrected chi connectivity index (χ0v) is 18.5. The minimum Gasteiger partial charge on any atom is -0.493 e. The largest absolute Gasteiger partial charge is 0.493 e. The molecule has 0 amide bonds. The summed E-state index contributed by atoms with van der Waals surface area (Å²) < 4.78 is 26.6. The predicted octanol–water partition coefficient (Wildman–Crippen LogP) is 3.63. The van der Waals surface area contributed by atoms with Gasteiger partial charge in [0.25, 0.3) is 0 Å². The van der Waals surface area contributed by atoms with Crippen molar-refractivity contribution in [3.8, 4) is 11.5 Å². The second-order valence-corrected chi connectivity index (χ2v) is 7.39. The molecule has 0 radical (unpaired) electrons. The number of nitrogens with one attached hydrogen (secondary N) is 1. The Morgan fingerprint density at radius 2 is 2.00 bits per heavy atom. The standard InChI is InChI=1S/C20H24FN5O2S.ClH/c1-26-20(23-24-25-26)29-11-5-10-22-13-15-8-9-18(19(12-15)27-2)28-14-16-6-3-4-7-17(16)21;/h3-4,6-9,12,22H,5,10-11,13-14H2,1-2H3;1H. The van der Waals surface area contributed by atoms with Crippen LogP contribution in [0.25, 0.3) is 0 Å². The van der Waals surface area contributed by atoms with Gasteiger partial charge >= 0.3 is 0 Å². The van der Waals surface area contributed by atoms with E-state index in [1.54, 1.807) is 41.8 Å². The highest BCUT2D eigenvalue weighted by atomic mass is 35.5. The molecule has 0 spiro atoms. The second-order valence-electron chi connectivity index (χ2n) is 6.33. The number of hydrogen-bond donors (Lipinski definition) is 1. The normalized spacial score (nSPS) is 10.5. The third-order valence-corrected chi connectivity index (χ3v) is 5.31. The van der Waals surface area contributed by atoms with Crippen molar-refractivity contribution >= 4 is 24.2 Å². The van der Waals surface area contributed by atoms with Gasteiger partial charge in [-0.1, -0.05) is 36.0 Å². The lowest BCUT2D eigenvalue weighted by Crippen LogP contribution is -2.15. The highest BCUT2D eigenvalue weighted by Gasteiger charge is 2.08. The molecule has 162 valence electrons. The van der Waals surface area contributed by atoms with Crippen LogP contribution in [0, 0.1) is 5.82 Å².